The molecule has 19 heavy (non-hydrogen) atoms. The van der Waals surface area contributed by atoms with E-state index in [0.717, 1.165) is 6.07 Å². The topological polar surface area (TPSA) is 55.1 Å². The molecule has 0 atom stereocenters. The Morgan fingerprint density at radius 1 is 1.32 bits per heavy atom. The Morgan fingerprint density at radius 3 is 2.74 bits per heavy atom. The number of rotatable bonds is 2. The van der Waals surface area contributed by atoms with Gasteiger partial charge in [0.15, 0.2) is 0 Å². The predicted molar refractivity (Wildman–Crippen MR) is 77.9 cm³/mol. The zero-order valence-corrected chi connectivity index (χ0v) is 11.9. The average molecular weight is 344 g/mol. The molecule has 6 heteroatoms. The molecule has 0 saturated carbocycles. The molecule has 0 aliphatic rings. The van der Waals surface area contributed by atoms with Gasteiger partial charge in [0.25, 0.3) is 5.91 Å². The highest BCUT2D eigenvalue weighted by Crippen LogP contribution is 2.27. The highest BCUT2D eigenvalue weighted by molar-refractivity contribution is 9.10. The van der Waals surface area contributed by atoms with Crippen molar-refractivity contribution in [1.82, 2.24) is 0 Å². The summed E-state index contributed by atoms with van der Waals surface area (Å²) in [6, 6.07) is 8.76. The van der Waals surface area contributed by atoms with E-state index in [1.54, 1.807) is 18.2 Å². The third-order valence-electron chi connectivity index (χ3n) is 2.46. The summed E-state index contributed by atoms with van der Waals surface area (Å²) in [5, 5.41) is 2.89. The molecule has 0 heterocycles. The van der Waals surface area contributed by atoms with Gasteiger partial charge in [-0.3, -0.25) is 4.79 Å². The number of carbonyl (C=O) groups excluding carboxylic acids is 1. The first-order valence-electron chi connectivity index (χ1n) is 5.29. The largest absolute Gasteiger partial charge is 0.397 e. The number of nitrogens with one attached hydrogen (secondary N) is 1. The standard InChI is InChI=1S/C13H9BrClFN2O/c14-9-3-1-2-8(12(9)15)13(19)18-11-5-4-7(16)6-10(11)17/h1-6H,17H2,(H,18,19). The van der Waals surface area contributed by atoms with Crippen molar-refractivity contribution >= 4 is 44.8 Å². The van der Waals surface area contributed by atoms with Crippen LogP contribution in [0.5, 0.6) is 0 Å². The summed E-state index contributed by atoms with van der Waals surface area (Å²) in [5.74, 6) is -0.874. The van der Waals surface area contributed by atoms with Crippen LogP contribution < -0.4 is 11.1 Å². The minimum Gasteiger partial charge on any atom is -0.397 e. The molecule has 0 bridgehead atoms. The lowest BCUT2D eigenvalue weighted by Crippen LogP contribution is -2.14. The molecule has 0 aliphatic heterocycles. The lowest BCUT2D eigenvalue weighted by atomic mass is 10.2. The number of anilines is 2. The zero-order chi connectivity index (χ0) is 14.0. The van der Waals surface area contributed by atoms with Crippen LogP contribution in [0.4, 0.5) is 15.8 Å². The van der Waals surface area contributed by atoms with Crippen molar-refractivity contribution in [3.8, 4) is 0 Å². The van der Waals surface area contributed by atoms with E-state index >= 15 is 0 Å². The van der Waals surface area contributed by atoms with Crippen molar-refractivity contribution in [3.63, 3.8) is 0 Å². The number of nitrogen functional groups attached to an aromatic ring is 1. The number of benzene rings is 2. The van der Waals surface area contributed by atoms with Crippen molar-refractivity contribution in [2.45, 2.75) is 0 Å². The van der Waals surface area contributed by atoms with E-state index in [2.05, 4.69) is 21.2 Å². The van der Waals surface area contributed by atoms with Crippen molar-refractivity contribution in [1.29, 1.82) is 0 Å². The minimum absolute atomic E-state index is 0.152. The molecule has 2 aromatic carbocycles. The monoisotopic (exact) mass is 342 g/mol. The summed E-state index contributed by atoms with van der Waals surface area (Å²) in [5.41, 5.74) is 6.41. The van der Waals surface area contributed by atoms with Crippen molar-refractivity contribution in [2.24, 2.45) is 0 Å². The molecule has 0 spiro atoms. The average Bonchev–Trinajstić information content (AvgIpc) is 2.36. The molecule has 0 unspecified atom stereocenters. The molecule has 98 valence electrons. The van der Waals surface area contributed by atoms with Crippen LogP contribution in [0.2, 0.25) is 5.02 Å². The van der Waals surface area contributed by atoms with Crippen LogP contribution in [0, 0.1) is 5.82 Å². The van der Waals surface area contributed by atoms with E-state index in [1.165, 1.54) is 12.1 Å². The Morgan fingerprint density at radius 2 is 2.05 bits per heavy atom. The molecule has 3 N–H and O–H groups in total. The SMILES string of the molecule is Nc1cc(F)ccc1NC(=O)c1cccc(Br)c1Cl. The maximum Gasteiger partial charge on any atom is 0.257 e. The molecule has 0 fully saturated rings. The van der Waals surface area contributed by atoms with Crippen LogP contribution >= 0.6 is 27.5 Å². The van der Waals surface area contributed by atoms with Gasteiger partial charge in [-0.15, -0.1) is 0 Å². The second-order valence-corrected chi connectivity index (χ2v) is 5.02. The number of halogens is 3. The van der Waals surface area contributed by atoms with Gasteiger partial charge in [0.1, 0.15) is 5.82 Å². The van der Waals surface area contributed by atoms with Crippen molar-refractivity contribution in [2.75, 3.05) is 11.1 Å². The second-order valence-electron chi connectivity index (χ2n) is 3.79. The fraction of sp³-hybridized carbons (Fsp3) is 0. The Balaban J connectivity index is 2.28. The zero-order valence-electron chi connectivity index (χ0n) is 9.58. The van der Waals surface area contributed by atoms with Crippen LogP contribution in [0.25, 0.3) is 0 Å². The summed E-state index contributed by atoms with van der Waals surface area (Å²) < 4.78 is 13.5. The minimum atomic E-state index is -0.462. The van der Waals surface area contributed by atoms with Gasteiger partial charge in [-0.05, 0) is 46.3 Å². The molecule has 0 aromatic heterocycles. The van der Waals surface area contributed by atoms with E-state index < -0.39 is 11.7 Å². The first kappa shape index (κ1) is 13.8. The predicted octanol–water partition coefficient (Wildman–Crippen LogP) is 4.08. The molecule has 2 aromatic rings. The number of hydrogen-bond acceptors (Lipinski definition) is 2. The summed E-state index contributed by atoms with van der Waals surface area (Å²) >= 11 is 9.26. The van der Waals surface area contributed by atoms with Gasteiger partial charge in [-0.1, -0.05) is 17.7 Å². The lowest BCUT2D eigenvalue weighted by Gasteiger charge is -2.09. The number of hydrogen-bond donors (Lipinski definition) is 2. The fourth-order valence-electron chi connectivity index (χ4n) is 1.52. The Bertz CT molecular complexity index is 649. The Kier molecular flexibility index (Phi) is 4.07. The van der Waals surface area contributed by atoms with Gasteiger partial charge < -0.3 is 11.1 Å². The highest BCUT2D eigenvalue weighted by atomic mass is 79.9. The maximum atomic E-state index is 12.9. The molecule has 0 aliphatic carbocycles. The summed E-state index contributed by atoms with van der Waals surface area (Å²) in [7, 11) is 0. The smallest absolute Gasteiger partial charge is 0.257 e. The van der Waals surface area contributed by atoms with Crippen LogP contribution in [0.1, 0.15) is 10.4 Å². The maximum absolute atomic E-state index is 12.9. The quantitative estimate of drug-likeness (QED) is 0.807. The van der Waals surface area contributed by atoms with Gasteiger partial charge >= 0.3 is 0 Å². The van der Waals surface area contributed by atoms with Crippen LogP contribution in [0.15, 0.2) is 40.9 Å². The Hall–Kier alpha value is -1.59. The molecule has 1 amide bonds. The van der Waals surface area contributed by atoms with E-state index in [0.29, 0.717) is 20.7 Å². The molecular weight excluding hydrogens is 335 g/mol. The van der Waals surface area contributed by atoms with Crippen LogP contribution in [-0.2, 0) is 0 Å². The molecule has 3 nitrogen and oxygen atoms in total. The fourth-order valence-corrected chi connectivity index (χ4v) is 2.09. The first-order chi connectivity index (χ1) is 8.99. The van der Waals surface area contributed by atoms with Gasteiger partial charge in [-0.2, -0.15) is 0 Å². The van der Waals surface area contributed by atoms with E-state index in [4.69, 9.17) is 17.3 Å². The third-order valence-corrected chi connectivity index (χ3v) is 3.75. The van der Waals surface area contributed by atoms with Crippen molar-refractivity contribution < 1.29 is 9.18 Å². The number of amides is 1. The van der Waals surface area contributed by atoms with Gasteiger partial charge in [-0.25, -0.2) is 4.39 Å². The van der Waals surface area contributed by atoms with Crippen LogP contribution in [0.3, 0.4) is 0 Å². The van der Waals surface area contributed by atoms with Crippen LogP contribution in [-0.4, -0.2) is 5.91 Å². The van der Waals surface area contributed by atoms with Gasteiger partial charge in [0.05, 0.1) is 22.0 Å². The van der Waals surface area contributed by atoms with Gasteiger partial charge in [0.2, 0.25) is 0 Å². The first-order valence-corrected chi connectivity index (χ1v) is 6.46. The summed E-state index contributed by atoms with van der Waals surface area (Å²) in [6.45, 7) is 0. The highest BCUT2D eigenvalue weighted by Gasteiger charge is 2.13. The molecule has 2 rings (SSSR count). The molecule has 0 radical (unpaired) electrons. The summed E-state index contributed by atoms with van der Waals surface area (Å²) in [6.07, 6.45) is 0. The molecular formula is C13H9BrClFN2O. The second kappa shape index (κ2) is 5.59. The summed E-state index contributed by atoms with van der Waals surface area (Å²) in [4.78, 5) is 12.1. The molecule has 0 saturated heterocycles. The van der Waals surface area contributed by atoms with E-state index in [9.17, 15) is 9.18 Å². The third kappa shape index (κ3) is 3.05. The number of nitrogens with two attached hydrogens (primary N) is 1. The normalized spacial score (nSPS) is 10.3. The Labute approximate surface area is 122 Å². The number of carbonyl (C=O) groups is 1. The van der Waals surface area contributed by atoms with E-state index in [1.807, 2.05) is 0 Å². The van der Waals surface area contributed by atoms with E-state index in [-0.39, 0.29) is 5.69 Å². The van der Waals surface area contributed by atoms with Gasteiger partial charge in [0, 0.05) is 4.47 Å². The van der Waals surface area contributed by atoms with Crippen molar-refractivity contribution in [3.05, 3.63) is 57.3 Å². The lowest BCUT2D eigenvalue weighted by molar-refractivity contribution is 0.102.